The molecule has 0 bridgehead atoms. The van der Waals surface area contributed by atoms with Crippen LogP contribution in [0.4, 0.5) is 4.39 Å². The van der Waals surface area contributed by atoms with E-state index in [9.17, 15) is 14.0 Å². The fraction of sp³-hybridized carbons (Fsp3) is 0.263. The number of nitrogens with zero attached hydrogens (tertiary/aromatic N) is 1. The molecule has 2 aromatic rings. The molecule has 2 aromatic carbocycles. The zero-order chi connectivity index (χ0) is 17.1. The Hall–Kier alpha value is -2.69. The standard InChI is InChI=1S/C19H18FNO3/c20-15-8-6-14(7-9-15)16-10-17(16)19(24)21(12-18(22)23)11-13-4-2-1-3-5-13/h1-9,16-17H,10-12H2,(H,22,23). The van der Waals surface area contributed by atoms with Gasteiger partial charge in [0.2, 0.25) is 5.91 Å². The predicted octanol–water partition coefficient (Wildman–Crippen LogP) is 3.04. The second-order valence-corrected chi connectivity index (χ2v) is 6.07. The number of halogens is 1. The van der Waals surface area contributed by atoms with Crippen LogP contribution in [0.2, 0.25) is 0 Å². The van der Waals surface area contributed by atoms with Gasteiger partial charge in [-0.25, -0.2) is 4.39 Å². The number of aliphatic carboxylic acids is 1. The maximum atomic E-state index is 13.0. The van der Waals surface area contributed by atoms with Crippen LogP contribution in [-0.4, -0.2) is 28.4 Å². The van der Waals surface area contributed by atoms with Gasteiger partial charge in [0.25, 0.3) is 0 Å². The monoisotopic (exact) mass is 327 g/mol. The maximum Gasteiger partial charge on any atom is 0.323 e. The Labute approximate surface area is 139 Å². The first kappa shape index (κ1) is 16.2. The van der Waals surface area contributed by atoms with E-state index < -0.39 is 5.97 Å². The lowest BCUT2D eigenvalue weighted by Gasteiger charge is -2.21. The molecule has 2 unspecified atom stereocenters. The number of hydrogen-bond donors (Lipinski definition) is 1. The Morgan fingerprint density at radius 1 is 1.08 bits per heavy atom. The summed E-state index contributed by atoms with van der Waals surface area (Å²) < 4.78 is 13.0. The number of benzene rings is 2. The van der Waals surface area contributed by atoms with Gasteiger partial charge in [0.1, 0.15) is 12.4 Å². The molecule has 5 heteroatoms. The number of hydrogen-bond acceptors (Lipinski definition) is 2. The molecule has 2 atom stereocenters. The molecule has 4 nitrogen and oxygen atoms in total. The van der Waals surface area contributed by atoms with Crippen LogP contribution in [0.1, 0.15) is 23.5 Å². The van der Waals surface area contributed by atoms with E-state index in [4.69, 9.17) is 5.11 Å². The van der Waals surface area contributed by atoms with Crippen LogP contribution in [0.25, 0.3) is 0 Å². The highest BCUT2D eigenvalue weighted by molar-refractivity contribution is 5.86. The third kappa shape index (κ3) is 3.79. The van der Waals surface area contributed by atoms with Crippen molar-refractivity contribution in [3.63, 3.8) is 0 Å². The summed E-state index contributed by atoms with van der Waals surface area (Å²) in [6.07, 6.45) is 0.676. The van der Waals surface area contributed by atoms with Gasteiger partial charge in [0, 0.05) is 12.5 Å². The van der Waals surface area contributed by atoms with Gasteiger partial charge in [0.15, 0.2) is 0 Å². The van der Waals surface area contributed by atoms with Crippen molar-refractivity contribution in [2.75, 3.05) is 6.54 Å². The van der Waals surface area contributed by atoms with Crippen molar-refractivity contribution in [3.8, 4) is 0 Å². The SMILES string of the molecule is O=C(O)CN(Cc1ccccc1)C(=O)C1CC1c1ccc(F)cc1. The number of carbonyl (C=O) groups excluding carboxylic acids is 1. The molecule has 0 spiro atoms. The zero-order valence-corrected chi connectivity index (χ0v) is 13.1. The number of amides is 1. The van der Waals surface area contributed by atoms with Gasteiger partial charge in [-0.15, -0.1) is 0 Å². The molecule has 1 fully saturated rings. The van der Waals surface area contributed by atoms with Crippen molar-refractivity contribution in [1.82, 2.24) is 4.90 Å². The second-order valence-electron chi connectivity index (χ2n) is 6.07. The Bertz CT molecular complexity index is 730. The van der Waals surface area contributed by atoms with E-state index >= 15 is 0 Å². The molecule has 124 valence electrons. The summed E-state index contributed by atoms with van der Waals surface area (Å²) >= 11 is 0. The third-order valence-corrected chi connectivity index (χ3v) is 4.26. The van der Waals surface area contributed by atoms with Crippen molar-refractivity contribution in [2.45, 2.75) is 18.9 Å². The van der Waals surface area contributed by atoms with Crippen LogP contribution in [0, 0.1) is 11.7 Å². The largest absolute Gasteiger partial charge is 0.480 e. The Kier molecular flexibility index (Phi) is 4.60. The summed E-state index contributed by atoms with van der Waals surface area (Å²) in [6.45, 7) is -0.0427. The number of carbonyl (C=O) groups is 2. The van der Waals surface area contributed by atoms with Crippen LogP contribution in [0.5, 0.6) is 0 Å². The lowest BCUT2D eigenvalue weighted by atomic mass is 10.1. The molecule has 0 radical (unpaired) electrons. The highest BCUT2D eigenvalue weighted by atomic mass is 19.1. The lowest BCUT2D eigenvalue weighted by Crippen LogP contribution is -2.36. The van der Waals surface area contributed by atoms with Gasteiger partial charge < -0.3 is 10.0 Å². The van der Waals surface area contributed by atoms with Crippen LogP contribution in [0.3, 0.4) is 0 Å². The second kappa shape index (κ2) is 6.83. The molecule has 1 amide bonds. The molecule has 0 saturated heterocycles. The summed E-state index contributed by atoms with van der Waals surface area (Å²) in [7, 11) is 0. The number of carboxylic acid groups (broad SMARTS) is 1. The van der Waals surface area contributed by atoms with E-state index in [-0.39, 0.29) is 36.6 Å². The third-order valence-electron chi connectivity index (χ3n) is 4.26. The summed E-state index contributed by atoms with van der Waals surface area (Å²) in [5, 5.41) is 9.09. The van der Waals surface area contributed by atoms with Gasteiger partial charge in [-0.05, 0) is 35.6 Å². The first-order chi connectivity index (χ1) is 11.5. The van der Waals surface area contributed by atoms with Crippen molar-refractivity contribution >= 4 is 11.9 Å². The minimum Gasteiger partial charge on any atom is -0.480 e. The number of rotatable bonds is 6. The van der Waals surface area contributed by atoms with E-state index in [1.807, 2.05) is 30.3 Å². The normalized spacial score (nSPS) is 18.9. The van der Waals surface area contributed by atoms with Gasteiger partial charge in [-0.3, -0.25) is 9.59 Å². The van der Waals surface area contributed by atoms with E-state index in [2.05, 4.69) is 0 Å². The highest BCUT2D eigenvalue weighted by Gasteiger charge is 2.46. The molecular formula is C19H18FNO3. The molecule has 3 rings (SSSR count). The van der Waals surface area contributed by atoms with Gasteiger partial charge >= 0.3 is 5.97 Å². The van der Waals surface area contributed by atoms with Crippen molar-refractivity contribution < 1.29 is 19.1 Å². The van der Waals surface area contributed by atoms with Crippen molar-refractivity contribution in [1.29, 1.82) is 0 Å². The highest BCUT2D eigenvalue weighted by Crippen LogP contribution is 2.48. The molecule has 1 N–H and O–H groups in total. The fourth-order valence-electron chi connectivity index (χ4n) is 2.96. The molecule has 1 aliphatic rings. The van der Waals surface area contributed by atoms with Gasteiger partial charge in [-0.1, -0.05) is 42.5 Å². The van der Waals surface area contributed by atoms with Crippen LogP contribution in [0.15, 0.2) is 54.6 Å². The summed E-state index contributed by atoms with van der Waals surface area (Å²) in [4.78, 5) is 25.2. The van der Waals surface area contributed by atoms with E-state index in [0.29, 0.717) is 6.42 Å². The molecular weight excluding hydrogens is 309 g/mol. The average Bonchev–Trinajstić information content (AvgIpc) is 3.35. The van der Waals surface area contributed by atoms with Crippen LogP contribution < -0.4 is 0 Å². The van der Waals surface area contributed by atoms with Crippen LogP contribution >= 0.6 is 0 Å². The average molecular weight is 327 g/mol. The van der Waals surface area contributed by atoms with Gasteiger partial charge in [0.05, 0.1) is 0 Å². The number of carboxylic acids is 1. The predicted molar refractivity (Wildman–Crippen MR) is 86.7 cm³/mol. The first-order valence-electron chi connectivity index (χ1n) is 7.84. The minimum absolute atomic E-state index is 0.0465. The Balaban J connectivity index is 1.70. The van der Waals surface area contributed by atoms with E-state index in [1.54, 1.807) is 12.1 Å². The van der Waals surface area contributed by atoms with Crippen molar-refractivity contribution in [2.24, 2.45) is 5.92 Å². The zero-order valence-electron chi connectivity index (χ0n) is 13.1. The molecule has 24 heavy (non-hydrogen) atoms. The van der Waals surface area contributed by atoms with E-state index in [1.165, 1.54) is 17.0 Å². The molecule has 1 saturated carbocycles. The maximum absolute atomic E-state index is 13.0. The molecule has 0 heterocycles. The summed E-state index contributed by atoms with van der Waals surface area (Å²) in [5.41, 5.74) is 1.82. The topological polar surface area (TPSA) is 57.6 Å². The molecule has 0 aromatic heterocycles. The Morgan fingerprint density at radius 3 is 2.38 bits per heavy atom. The molecule has 1 aliphatic carbocycles. The van der Waals surface area contributed by atoms with Gasteiger partial charge in [-0.2, -0.15) is 0 Å². The lowest BCUT2D eigenvalue weighted by molar-refractivity contribution is -0.145. The smallest absolute Gasteiger partial charge is 0.323 e. The van der Waals surface area contributed by atoms with E-state index in [0.717, 1.165) is 11.1 Å². The molecule has 0 aliphatic heterocycles. The summed E-state index contributed by atoms with van der Waals surface area (Å²) in [6, 6.07) is 15.5. The Morgan fingerprint density at radius 2 is 1.75 bits per heavy atom. The van der Waals surface area contributed by atoms with Crippen molar-refractivity contribution in [3.05, 3.63) is 71.5 Å². The fourth-order valence-corrected chi connectivity index (χ4v) is 2.96. The summed E-state index contributed by atoms with van der Waals surface area (Å²) in [5.74, 6) is -1.67. The first-order valence-corrected chi connectivity index (χ1v) is 7.84. The van der Waals surface area contributed by atoms with Crippen LogP contribution in [-0.2, 0) is 16.1 Å². The minimum atomic E-state index is -1.03. The quantitative estimate of drug-likeness (QED) is 0.887.